The zero-order valence-electron chi connectivity index (χ0n) is 24.9. The summed E-state index contributed by atoms with van der Waals surface area (Å²) >= 11 is 0. The summed E-state index contributed by atoms with van der Waals surface area (Å²) in [7, 11) is 0. The lowest BCUT2D eigenvalue weighted by Crippen LogP contribution is -2.09. The van der Waals surface area contributed by atoms with Crippen molar-refractivity contribution in [2.24, 2.45) is 0 Å². The van der Waals surface area contributed by atoms with Gasteiger partial charge in [-0.15, -0.1) is 0 Å². The quantitative estimate of drug-likeness (QED) is 0.0530. The maximum absolute atomic E-state index is 15.4. The summed E-state index contributed by atoms with van der Waals surface area (Å²) in [5, 5.41) is 0. The predicted octanol–water partition coefficient (Wildman–Crippen LogP) is 10.0. The van der Waals surface area contributed by atoms with E-state index in [1.807, 2.05) is 0 Å². The second kappa shape index (κ2) is 14.9. The van der Waals surface area contributed by atoms with Gasteiger partial charge in [-0.1, -0.05) is 61.7 Å². The molecule has 0 amide bonds. The number of hydrogen-bond acceptors (Lipinski definition) is 6. The average molecular weight is 649 g/mol. The number of carbonyl (C=O) groups is 2. The van der Waals surface area contributed by atoms with Gasteiger partial charge in [-0.25, -0.2) is 14.0 Å². The number of halogens is 5. The zero-order chi connectivity index (χ0) is 34.2. The highest BCUT2D eigenvalue weighted by Crippen LogP contribution is 2.37. The van der Waals surface area contributed by atoms with Crippen LogP contribution in [0.5, 0.6) is 23.0 Å². The average Bonchev–Trinajstić information content (AvgIpc) is 3.03. The first-order valence-electron chi connectivity index (χ1n) is 13.6. The minimum Gasteiger partial charge on any atom is -0.455 e. The minimum absolute atomic E-state index is 0.0823. The SMILES string of the molecule is C=C(C)C(=O)Oc1ccc(-c2ccc(-c3ccc(-c4ccc(OC(=O)C(=C)C)c(OC=C(F)F)c4)cc3F)cc2)cc1OC=C(F)F. The smallest absolute Gasteiger partial charge is 0.338 e. The van der Waals surface area contributed by atoms with Crippen LogP contribution in [0.1, 0.15) is 13.8 Å². The van der Waals surface area contributed by atoms with E-state index in [2.05, 4.69) is 13.2 Å². The maximum atomic E-state index is 15.4. The lowest BCUT2D eigenvalue weighted by Gasteiger charge is -2.13. The van der Waals surface area contributed by atoms with Crippen LogP contribution in [0.2, 0.25) is 0 Å². The minimum atomic E-state index is -2.12. The first kappa shape index (κ1) is 33.9. The summed E-state index contributed by atoms with van der Waals surface area (Å²) in [4.78, 5) is 23.9. The van der Waals surface area contributed by atoms with Gasteiger partial charge in [0.05, 0.1) is 0 Å². The van der Waals surface area contributed by atoms with Crippen LogP contribution in [-0.4, -0.2) is 11.9 Å². The van der Waals surface area contributed by atoms with E-state index in [1.165, 1.54) is 56.3 Å². The van der Waals surface area contributed by atoms with Crippen molar-refractivity contribution < 1.29 is 50.5 Å². The first-order chi connectivity index (χ1) is 22.3. The molecule has 0 radical (unpaired) electrons. The van der Waals surface area contributed by atoms with Crippen molar-refractivity contribution in [2.45, 2.75) is 13.8 Å². The largest absolute Gasteiger partial charge is 0.455 e. The van der Waals surface area contributed by atoms with Gasteiger partial charge >= 0.3 is 24.1 Å². The third kappa shape index (κ3) is 8.82. The summed E-state index contributed by atoms with van der Waals surface area (Å²) in [6.45, 7) is 9.82. The Kier molecular flexibility index (Phi) is 10.7. The molecule has 47 heavy (non-hydrogen) atoms. The number of ether oxygens (including phenoxy) is 4. The molecular weight excluding hydrogens is 623 g/mol. The van der Waals surface area contributed by atoms with Crippen LogP contribution >= 0.6 is 0 Å². The molecular formula is C36H25F5O6. The van der Waals surface area contributed by atoms with Crippen molar-refractivity contribution in [3.05, 3.63) is 134 Å². The standard InChI is InChI=1S/C36H25F5O6/c1-20(2)35(42)46-29-13-10-25(16-31(29)44-18-33(38)39)22-5-7-23(8-6-22)27-12-9-24(15-28(27)37)26-11-14-30(47-36(43)21(3)4)32(17-26)45-19-34(40)41/h5-19H,1,3H2,2,4H3. The normalized spacial score (nSPS) is 10.4. The Hall–Kier alpha value is -5.97. The van der Waals surface area contributed by atoms with Crippen molar-refractivity contribution >= 4 is 11.9 Å². The van der Waals surface area contributed by atoms with Crippen LogP contribution in [0, 0.1) is 5.82 Å². The lowest BCUT2D eigenvalue weighted by molar-refractivity contribution is -0.131. The Morgan fingerprint density at radius 3 is 1.36 bits per heavy atom. The van der Waals surface area contributed by atoms with Crippen LogP contribution in [0.25, 0.3) is 33.4 Å². The fourth-order valence-electron chi connectivity index (χ4n) is 4.09. The lowest BCUT2D eigenvalue weighted by atomic mass is 9.97. The number of carbonyl (C=O) groups excluding carboxylic acids is 2. The second-order valence-electron chi connectivity index (χ2n) is 9.99. The first-order valence-corrected chi connectivity index (χ1v) is 13.6. The molecule has 4 rings (SSSR count). The second-order valence-corrected chi connectivity index (χ2v) is 9.99. The van der Waals surface area contributed by atoms with Gasteiger partial charge in [-0.05, 0) is 72.0 Å². The number of hydrogen-bond donors (Lipinski definition) is 0. The van der Waals surface area contributed by atoms with E-state index < -0.39 is 29.9 Å². The molecule has 0 aliphatic rings. The summed E-state index contributed by atoms with van der Waals surface area (Å²) in [6.07, 6.45) is -3.81. The maximum Gasteiger partial charge on any atom is 0.338 e. The summed E-state index contributed by atoms with van der Waals surface area (Å²) in [5.74, 6) is -2.71. The Balaban J connectivity index is 1.61. The zero-order valence-corrected chi connectivity index (χ0v) is 24.9. The molecule has 0 aliphatic carbocycles. The molecule has 0 saturated heterocycles. The van der Waals surface area contributed by atoms with E-state index in [-0.39, 0.29) is 52.2 Å². The molecule has 0 aliphatic heterocycles. The molecule has 0 aromatic heterocycles. The van der Waals surface area contributed by atoms with Crippen molar-refractivity contribution in [1.29, 1.82) is 0 Å². The molecule has 0 unspecified atom stereocenters. The third-order valence-electron chi connectivity index (χ3n) is 6.37. The molecule has 4 aromatic carbocycles. The molecule has 0 N–H and O–H groups in total. The van der Waals surface area contributed by atoms with Crippen LogP contribution in [0.3, 0.4) is 0 Å². The number of esters is 2. The third-order valence-corrected chi connectivity index (χ3v) is 6.37. The van der Waals surface area contributed by atoms with Gasteiger partial charge in [-0.3, -0.25) is 0 Å². The van der Waals surface area contributed by atoms with E-state index >= 15 is 4.39 Å². The Labute approximate surface area is 266 Å². The highest BCUT2D eigenvalue weighted by molar-refractivity contribution is 5.90. The monoisotopic (exact) mass is 648 g/mol. The van der Waals surface area contributed by atoms with Crippen molar-refractivity contribution in [3.8, 4) is 56.4 Å². The highest BCUT2D eigenvalue weighted by atomic mass is 19.3. The van der Waals surface area contributed by atoms with E-state index in [0.717, 1.165) is 0 Å². The fraction of sp³-hybridized carbons (Fsp3) is 0.0556. The molecule has 240 valence electrons. The molecule has 4 aromatic rings. The molecule has 0 saturated carbocycles. The van der Waals surface area contributed by atoms with Crippen LogP contribution in [0.15, 0.2) is 128 Å². The molecule has 6 nitrogen and oxygen atoms in total. The molecule has 0 atom stereocenters. The Morgan fingerprint density at radius 2 is 0.936 bits per heavy atom. The van der Waals surface area contributed by atoms with Gasteiger partial charge in [0.15, 0.2) is 35.5 Å². The van der Waals surface area contributed by atoms with Crippen LogP contribution in [-0.2, 0) is 9.59 Å². The highest BCUT2D eigenvalue weighted by Gasteiger charge is 2.16. The predicted molar refractivity (Wildman–Crippen MR) is 165 cm³/mol. The summed E-state index contributed by atoms with van der Waals surface area (Å²) < 4.78 is 86.6. The molecule has 0 spiro atoms. The Morgan fingerprint density at radius 1 is 0.553 bits per heavy atom. The Bertz CT molecular complexity index is 1920. The number of rotatable bonds is 11. The van der Waals surface area contributed by atoms with Crippen molar-refractivity contribution in [2.75, 3.05) is 0 Å². The van der Waals surface area contributed by atoms with E-state index in [1.54, 1.807) is 36.4 Å². The van der Waals surface area contributed by atoms with Gasteiger partial charge in [0.2, 0.25) is 0 Å². The topological polar surface area (TPSA) is 71.1 Å². The van der Waals surface area contributed by atoms with Crippen LogP contribution in [0.4, 0.5) is 22.0 Å². The van der Waals surface area contributed by atoms with E-state index in [4.69, 9.17) is 18.9 Å². The molecule has 0 bridgehead atoms. The van der Waals surface area contributed by atoms with Gasteiger partial charge in [0, 0.05) is 16.7 Å². The van der Waals surface area contributed by atoms with Crippen LogP contribution < -0.4 is 18.9 Å². The molecule has 11 heteroatoms. The fourth-order valence-corrected chi connectivity index (χ4v) is 4.09. The van der Waals surface area contributed by atoms with Gasteiger partial charge in [0.25, 0.3) is 0 Å². The van der Waals surface area contributed by atoms with Crippen molar-refractivity contribution in [1.82, 2.24) is 0 Å². The van der Waals surface area contributed by atoms with Gasteiger partial charge < -0.3 is 18.9 Å². The van der Waals surface area contributed by atoms with E-state index in [9.17, 15) is 27.2 Å². The summed E-state index contributed by atoms with van der Waals surface area (Å²) in [5.41, 5.74) is 2.87. The summed E-state index contributed by atoms with van der Waals surface area (Å²) in [6, 6.07) is 19.6. The van der Waals surface area contributed by atoms with Gasteiger partial charge in [-0.2, -0.15) is 17.6 Å². The van der Waals surface area contributed by atoms with Crippen molar-refractivity contribution in [3.63, 3.8) is 0 Å². The number of benzene rings is 4. The molecule has 0 fully saturated rings. The van der Waals surface area contributed by atoms with Gasteiger partial charge in [0.1, 0.15) is 5.82 Å². The van der Waals surface area contributed by atoms with E-state index in [0.29, 0.717) is 27.8 Å². The molecule has 0 heterocycles.